The van der Waals surface area contributed by atoms with Crippen molar-refractivity contribution in [2.75, 3.05) is 17.2 Å². The molecular weight excluding hydrogens is 246 g/mol. The van der Waals surface area contributed by atoms with E-state index in [1.165, 1.54) is 5.69 Å². The third-order valence-corrected chi connectivity index (χ3v) is 4.82. The number of amidine groups is 1. The molecule has 1 fully saturated rings. The fourth-order valence-corrected chi connectivity index (χ4v) is 3.28. The molecule has 1 aliphatic rings. The molecule has 0 aliphatic carbocycles. The van der Waals surface area contributed by atoms with Crippen LogP contribution in [0.5, 0.6) is 0 Å². The molecule has 0 aromatic heterocycles. The molecule has 1 saturated heterocycles. The molecule has 5 heteroatoms. The maximum Gasteiger partial charge on any atom is 0.170 e. The van der Waals surface area contributed by atoms with Crippen molar-refractivity contribution in [2.24, 2.45) is 10.9 Å². The van der Waals surface area contributed by atoms with Crippen LogP contribution < -0.4 is 10.6 Å². The third-order valence-electron chi connectivity index (χ3n) is 3.49. The summed E-state index contributed by atoms with van der Waals surface area (Å²) < 4.78 is 0. The van der Waals surface area contributed by atoms with Gasteiger partial charge in [0.1, 0.15) is 0 Å². The Morgan fingerprint density at radius 1 is 1.39 bits per heavy atom. The van der Waals surface area contributed by atoms with Crippen LogP contribution in [-0.2, 0) is 0 Å². The molecule has 2 unspecified atom stereocenters. The van der Waals surface area contributed by atoms with Gasteiger partial charge >= 0.3 is 0 Å². The van der Waals surface area contributed by atoms with E-state index in [0.717, 1.165) is 17.9 Å². The number of benzene rings is 1. The summed E-state index contributed by atoms with van der Waals surface area (Å²) in [6, 6.07) is 8.38. The maximum atomic E-state index is 8.63. The Kier molecular flexibility index (Phi) is 4.01. The van der Waals surface area contributed by atoms with Crippen molar-refractivity contribution in [3.63, 3.8) is 0 Å². The van der Waals surface area contributed by atoms with Crippen LogP contribution in [0.15, 0.2) is 29.4 Å². The Morgan fingerprint density at radius 2 is 2.06 bits per heavy atom. The zero-order valence-electron chi connectivity index (χ0n) is 10.7. The number of thioether (sulfide) groups is 1. The van der Waals surface area contributed by atoms with Gasteiger partial charge in [0.05, 0.1) is 0 Å². The summed E-state index contributed by atoms with van der Waals surface area (Å²) in [5, 5.41) is 12.3. The van der Waals surface area contributed by atoms with Crippen molar-refractivity contribution in [3.8, 4) is 0 Å². The second kappa shape index (κ2) is 5.52. The molecule has 2 rings (SSSR count). The summed E-state index contributed by atoms with van der Waals surface area (Å²) in [7, 11) is 0. The van der Waals surface area contributed by atoms with Crippen molar-refractivity contribution >= 4 is 23.3 Å². The van der Waals surface area contributed by atoms with E-state index in [1.807, 2.05) is 36.0 Å². The Bertz CT molecular complexity index is 432. The zero-order chi connectivity index (χ0) is 13.1. The van der Waals surface area contributed by atoms with E-state index >= 15 is 0 Å². The number of hydrogen-bond donors (Lipinski definition) is 2. The van der Waals surface area contributed by atoms with E-state index in [4.69, 9.17) is 10.9 Å². The van der Waals surface area contributed by atoms with Gasteiger partial charge in [0.25, 0.3) is 0 Å². The quantitative estimate of drug-likeness (QED) is 0.372. The molecule has 1 aliphatic heterocycles. The van der Waals surface area contributed by atoms with E-state index < -0.39 is 0 Å². The molecule has 18 heavy (non-hydrogen) atoms. The molecule has 1 aromatic carbocycles. The fourth-order valence-electron chi connectivity index (χ4n) is 2.18. The molecule has 1 aromatic rings. The second-order valence-corrected chi connectivity index (χ2v) is 6.03. The van der Waals surface area contributed by atoms with Crippen LogP contribution in [0.3, 0.4) is 0 Å². The van der Waals surface area contributed by atoms with Crippen LogP contribution >= 0.6 is 11.8 Å². The lowest BCUT2D eigenvalue weighted by molar-refractivity contribution is 0.318. The molecule has 3 N–H and O–H groups in total. The number of nitrogens with zero attached hydrogens (tertiary/aromatic N) is 2. The molecule has 0 saturated carbocycles. The Labute approximate surface area is 112 Å². The maximum absolute atomic E-state index is 8.63. The highest BCUT2D eigenvalue weighted by atomic mass is 32.2. The highest BCUT2D eigenvalue weighted by Crippen LogP contribution is 2.29. The van der Waals surface area contributed by atoms with E-state index in [0.29, 0.717) is 11.3 Å². The summed E-state index contributed by atoms with van der Waals surface area (Å²) in [5.41, 5.74) is 7.50. The molecule has 98 valence electrons. The van der Waals surface area contributed by atoms with Crippen LogP contribution in [0.25, 0.3) is 0 Å². The third kappa shape index (κ3) is 2.56. The minimum absolute atomic E-state index is 0.150. The van der Waals surface area contributed by atoms with Crippen LogP contribution in [0.4, 0.5) is 5.69 Å². The molecular formula is C13H19N3OS. The van der Waals surface area contributed by atoms with Gasteiger partial charge in [-0.15, -0.1) is 0 Å². The summed E-state index contributed by atoms with van der Waals surface area (Å²) in [6.45, 7) is 5.60. The number of nitrogens with two attached hydrogens (primary N) is 1. The molecule has 0 bridgehead atoms. The monoisotopic (exact) mass is 265 g/mol. The summed E-state index contributed by atoms with van der Waals surface area (Å²) in [4.78, 5) is 2.41. The number of anilines is 1. The lowest BCUT2D eigenvalue weighted by atomic mass is 10.1. The molecule has 0 radical (unpaired) electrons. The molecule has 4 nitrogen and oxygen atoms in total. The second-order valence-electron chi connectivity index (χ2n) is 4.54. The SMILES string of the molecule is CC1SCCN(c2ccc(/C(N)=N/O)cc2)C1C. The van der Waals surface area contributed by atoms with E-state index in [9.17, 15) is 0 Å². The fraction of sp³-hybridized carbons (Fsp3) is 0.462. The van der Waals surface area contributed by atoms with Crippen LogP contribution in [-0.4, -0.2) is 34.6 Å². The zero-order valence-corrected chi connectivity index (χ0v) is 11.5. The molecule has 0 amide bonds. The van der Waals surface area contributed by atoms with Gasteiger partial charge in [-0.05, 0) is 31.2 Å². The van der Waals surface area contributed by atoms with Crippen LogP contribution in [0.1, 0.15) is 19.4 Å². The van der Waals surface area contributed by atoms with Crippen molar-refractivity contribution in [1.29, 1.82) is 0 Å². The van der Waals surface area contributed by atoms with Crippen LogP contribution in [0.2, 0.25) is 0 Å². The number of oxime groups is 1. The Morgan fingerprint density at radius 3 is 2.67 bits per heavy atom. The molecule has 2 atom stereocenters. The first-order valence-corrected chi connectivity index (χ1v) is 7.14. The topological polar surface area (TPSA) is 61.8 Å². The molecule has 1 heterocycles. The lowest BCUT2D eigenvalue weighted by Crippen LogP contribution is -2.44. The van der Waals surface area contributed by atoms with Gasteiger partial charge in [0, 0.05) is 34.8 Å². The highest BCUT2D eigenvalue weighted by molar-refractivity contribution is 8.00. The van der Waals surface area contributed by atoms with Crippen molar-refractivity contribution in [2.45, 2.75) is 25.1 Å². The predicted molar refractivity (Wildman–Crippen MR) is 77.7 cm³/mol. The van der Waals surface area contributed by atoms with Crippen molar-refractivity contribution in [3.05, 3.63) is 29.8 Å². The number of hydrogen-bond acceptors (Lipinski definition) is 4. The van der Waals surface area contributed by atoms with E-state index in [-0.39, 0.29) is 5.84 Å². The van der Waals surface area contributed by atoms with Gasteiger partial charge in [-0.3, -0.25) is 0 Å². The normalized spacial score (nSPS) is 25.2. The summed E-state index contributed by atoms with van der Waals surface area (Å²) in [6.07, 6.45) is 0. The smallest absolute Gasteiger partial charge is 0.170 e. The van der Waals surface area contributed by atoms with Gasteiger partial charge in [-0.1, -0.05) is 12.1 Å². The first-order chi connectivity index (χ1) is 8.63. The number of rotatable bonds is 2. The van der Waals surface area contributed by atoms with Crippen molar-refractivity contribution in [1.82, 2.24) is 0 Å². The largest absolute Gasteiger partial charge is 0.409 e. The standard InChI is InChI=1S/C13H19N3OS/c1-9-10(2)18-8-7-16(9)12-5-3-11(4-6-12)13(14)15-17/h3-6,9-10,17H,7-8H2,1-2H3,(H2,14,15). The Hall–Kier alpha value is -1.36. The average Bonchev–Trinajstić information content (AvgIpc) is 2.41. The lowest BCUT2D eigenvalue weighted by Gasteiger charge is -2.39. The first kappa shape index (κ1) is 13.1. The average molecular weight is 265 g/mol. The van der Waals surface area contributed by atoms with Gasteiger partial charge in [-0.2, -0.15) is 11.8 Å². The highest BCUT2D eigenvalue weighted by Gasteiger charge is 2.25. The van der Waals surface area contributed by atoms with Crippen LogP contribution in [0, 0.1) is 0 Å². The van der Waals surface area contributed by atoms with Gasteiger partial charge in [0.2, 0.25) is 0 Å². The Balaban J connectivity index is 2.19. The van der Waals surface area contributed by atoms with Gasteiger partial charge in [0.15, 0.2) is 5.84 Å². The van der Waals surface area contributed by atoms with E-state index in [2.05, 4.69) is 23.9 Å². The van der Waals surface area contributed by atoms with E-state index in [1.54, 1.807) is 0 Å². The van der Waals surface area contributed by atoms with Gasteiger partial charge in [-0.25, -0.2) is 0 Å². The summed E-state index contributed by atoms with van der Waals surface area (Å²) in [5.74, 6) is 1.31. The summed E-state index contributed by atoms with van der Waals surface area (Å²) >= 11 is 2.02. The van der Waals surface area contributed by atoms with Gasteiger partial charge < -0.3 is 15.8 Å². The minimum Gasteiger partial charge on any atom is -0.409 e. The first-order valence-electron chi connectivity index (χ1n) is 6.09. The minimum atomic E-state index is 0.150. The predicted octanol–water partition coefficient (Wildman–Crippen LogP) is 2.11. The molecule has 0 spiro atoms. The van der Waals surface area contributed by atoms with Crippen molar-refractivity contribution < 1.29 is 5.21 Å².